The molecule has 1 aliphatic rings. The van der Waals surface area contributed by atoms with E-state index in [-0.39, 0.29) is 11.7 Å². The SMILES string of the molecule is NCC(Nc1ccc([N+](=O)[O-])cc1Cl)C1CCCCC1. The van der Waals surface area contributed by atoms with Crippen LogP contribution in [0.15, 0.2) is 18.2 Å². The van der Waals surface area contributed by atoms with Crippen LogP contribution in [0.4, 0.5) is 11.4 Å². The summed E-state index contributed by atoms with van der Waals surface area (Å²) in [7, 11) is 0. The molecule has 0 aromatic heterocycles. The van der Waals surface area contributed by atoms with Gasteiger partial charge < -0.3 is 11.1 Å². The molecule has 110 valence electrons. The Labute approximate surface area is 123 Å². The van der Waals surface area contributed by atoms with Crippen LogP contribution in [0.25, 0.3) is 0 Å². The lowest BCUT2D eigenvalue weighted by atomic mass is 9.84. The van der Waals surface area contributed by atoms with Gasteiger partial charge in [0, 0.05) is 24.7 Å². The summed E-state index contributed by atoms with van der Waals surface area (Å²) in [6.45, 7) is 0.540. The Morgan fingerprint density at radius 1 is 1.40 bits per heavy atom. The topological polar surface area (TPSA) is 81.2 Å². The Balaban J connectivity index is 2.08. The van der Waals surface area contributed by atoms with Crippen LogP contribution in [0.1, 0.15) is 32.1 Å². The van der Waals surface area contributed by atoms with E-state index >= 15 is 0 Å². The van der Waals surface area contributed by atoms with Gasteiger partial charge in [-0.3, -0.25) is 10.1 Å². The van der Waals surface area contributed by atoms with Gasteiger partial charge in [-0.25, -0.2) is 0 Å². The molecule has 3 N–H and O–H groups in total. The average Bonchev–Trinajstić information content (AvgIpc) is 2.46. The summed E-state index contributed by atoms with van der Waals surface area (Å²) in [5, 5.41) is 14.4. The van der Waals surface area contributed by atoms with Crippen molar-refractivity contribution in [1.29, 1.82) is 0 Å². The lowest BCUT2D eigenvalue weighted by Crippen LogP contribution is -2.37. The van der Waals surface area contributed by atoms with Crippen LogP contribution in [-0.2, 0) is 0 Å². The molecule has 0 amide bonds. The first-order valence-electron chi connectivity index (χ1n) is 7.02. The summed E-state index contributed by atoms with van der Waals surface area (Å²) in [5.74, 6) is 0.556. The number of nitrogens with two attached hydrogens (primary N) is 1. The van der Waals surface area contributed by atoms with Crippen molar-refractivity contribution in [3.8, 4) is 0 Å². The fourth-order valence-electron chi connectivity index (χ4n) is 2.84. The molecule has 1 unspecified atom stereocenters. The van der Waals surface area contributed by atoms with Crippen LogP contribution in [0.3, 0.4) is 0 Å². The summed E-state index contributed by atoms with van der Waals surface area (Å²) in [6, 6.07) is 4.67. The van der Waals surface area contributed by atoms with Crippen LogP contribution in [0.2, 0.25) is 5.02 Å². The molecule has 1 saturated carbocycles. The molecule has 1 aliphatic carbocycles. The molecule has 1 atom stereocenters. The molecule has 0 saturated heterocycles. The van der Waals surface area contributed by atoms with Crippen molar-refractivity contribution in [2.24, 2.45) is 11.7 Å². The molecule has 0 radical (unpaired) electrons. The molecule has 1 aromatic rings. The maximum atomic E-state index is 10.7. The van der Waals surface area contributed by atoms with Gasteiger partial charge in [0.15, 0.2) is 0 Å². The van der Waals surface area contributed by atoms with Gasteiger partial charge in [0.2, 0.25) is 0 Å². The number of anilines is 1. The molecular weight excluding hydrogens is 278 g/mol. The fraction of sp³-hybridized carbons (Fsp3) is 0.571. The maximum absolute atomic E-state index is 10.7. The largest absolute Gasteiger partial charge is 0.380 e. The maximum Gasteiger partial charge on any atom is 0.271 e. The molecule has 0 aliphatic heterocycles. The second-order valence-corrected chi connectivity index (χ2v) is 5.71. The lowest BCUT2D eigenvalue weighted by molar-refractivity contribution is -0.384. The minimum atomic E-state index is -0.447. The van der Waals surface area contributed by atoms with E-state index in [9.17, 15) is 10.1 Å². The van der Waals surface area contributed by atoms with Crippen LogP contribution < -0.4 is 11.1 Å². The third kappa shape index (κ3) is 3.61. The minimum Gasteiger partial charge on any atom is -0.380 e. The highest BCUT2D eigenvalue weighted by Crippen LogP contribution is 2.31. The Morgan fingerprint density at radius 2 is 2.10 bits per heavy atom. The predicted molar refractivity (Wildman–Crippen MR) is 81.1 cm³/mol. The van der Waals surface area contributed by atoms with E-state index in [1.807, 2.05) is 0 Å². The minimum absolute atomic E-state index is 0.00233. The van der Waals surface area contributed by atoms with E-state index in [0.717, 1.165) is 5.69 Å². The monoisotopic (exact) mass is 297 g/mol. The van der Waals surface area contributed by atoms with Crippen LogP contribution >= 0.6 is 11.6 Å². The van der Waals surface area contributed by atoms with E-state index in [2.05, 4.69) is 5.32 Å². The normalized spacial score (nSPS) is 17.7. The van der Waals surface area contributed by atoms with Gasteiger partial charge >= 0.3 is 0 Å². The molecule has 5 nitrogen and oxygen atoms in total. The van der Waals surface area contributed by atoms with Crippen LogP contribution in [0.5, 0.6) is 0 Å². The molecule has 6 heteroatoms. The summed E-state index contributed by atoms with van der Waals surface area (Å²) in [6.07, 6.45) is 6.15. The number of halogens is 1. The lowest BCUT2D eigenvalue weighted by Gasteiger charge is -2.31. The molecular formula is C14H20ClN3O2. The van der Waals surface area contributed by atoms with Gasteiger partial charge in [0.1, 0.15) is 0 Å². The average molecular weight is 298 g/mol. The van der Waals surface area contributed by atoms with Crippen molar-refractivity contribution in [2.45, 2.75) is 38.1 Å². The van der Waals surface area contributed by atoms with Gasteiger partial charge in [0.25, 0.3) is 5.69 Å². The first kappa shape index (κ1) is 15.1. The zero-order valence-electron chi connectivity index (χ0n) is 11.3. The summed E-state index contributed by atoms with van der Waals surface area (Å²) >= 11 is 6.11. The number of nitro groups is 1. The fourth-order valence-corrected chi connectivity index (χ4v) is 3.07. The Hall–Kier alpha value is -1.33. The second kappa shape index (κ2) is 6.90. The molecule has 0 spiro atoms. The number of benzene rings is 1. The number of rotatable bonds is 5. The Bertz CT molecular complexity index is 475. The van der Waals surface area contributed by atoms with Crippen molar-refractivity contribution in [3.63, 3.8) is 0 Å². The van der Waals surface area contributed by atoms with Crippen LogP contribution in [0, 0.1) is 16.0 Å². The molecule has 2 rings (SSSR count). The predicted octanol–water partition coefficient (Wildman–Crippen LogP) is 3.57. The third-order valence-corrected chi connectivity index (χ3v) is 4.29. The standard InChI is InChI=1S/C14H20ClN3O2/c15-12-8-11(18(19)20)6-7-13(12)17-14(9-16)10-4-2-1-3-5-10/h6-8,10,14,17H,1-5,9,16H2. The van der Waals surface area contributed by atoms with Crippen molar-refractivity contribution >= 4 is 23.0 Å². The number of nitrogens with one attached hydrogen (secondary N) is 1. The summed E-state index contributed by atoms with van der Waals surface area (Å²) in [5.41, 5.74) is 6.59. The zero-order valence-corrected chi connectivity index (χ0v) is 12.1. The van der Waals surface area contributed by atoms with E-state index in [1.54, 1.807) is 6.07 Å². The summed E-state index contributed by atoms with van der Waals surface area (Å²) < 4.78 is 0. The highest BCUT2D eigenvalue weighted by molar-refractivity contribution is 6.33. The van der Waals surface area contributed by atoms with Crippen LogP contribution in [-0.4, -0.2) is 17.5 Å². The first-order chi connectivity index (χ1) is 9.61. The number of hydrogen-bond donors (Lipinski definition) is 2. The van der Waals surface area contributed by atoms with Crippen molar-refractivity contribution in [2.75, 3.05) is 11.9 Å². The van der Waals surface area contributed by atoms with Crippen molar-refractivity contribution < 1.29 is 4.92 Å². The van der Waals surface area contributed by atoms with E-state index in [1.165, 1.54) is 44.2 Å². The van der Waals surface area contributed by atoms with Gasteiger partial charge in [-0.2, -0.15) is 0 Å². The number of nitro benzene ring substituents is 1. The number of hydrogen-bond acceptors (Lipinski definition) is 4. The first-order valence-corrected chi connectivity index (χ1v) is 7.40. The van der Waals surface area contributed by atoms with Gasteiger partial charge in [-0.05, 0) is 24.8 Å². The van der Waals surface area contributed by atoms with Gasteiger partial charge in [-0.15, -0.1) is 0 Å². The Morgan fingerprint density at radius 3 is 2.65 bits per heavy atom. The highest BCUT2D eigenvalue weighted by atomic mass is 35.5. The van der Waals surface area contributed by atoms with Gasteiger partial charge in [-0.1, -0.05) is 30.9 Å². The molecule has 1 fully saturated rings. The second-order valence-electron chi connectivity index (χ2n) is 5.31. The Kier molecular flexibility index (Phi) is 5.20. The quantitative estimate of drug-likeness (QED) is 0.643. The van der Waals surface area contributed by atoms with E-state index < -0.39 is 4.92 Å². The number of nitrogens with zero attached hydrogens (tertiary/aromatic N) is 1. The third-order valence-electron chi connectivity index (χ3n) is 3.98. The molecule has 0 heterocycles. The molecule has 1 aromatic carbocycles. The van der Waals surface area contributed by atoms with E-state index in [4.69, 9.17) is 17.3 Å². The van der Waals surface area contributed by atoms with Crippen molar-refractivity contribution in [1.82, 2.24) is 0 Å². The zero-order chi connectivity index (χ0) is 14.5. The number of non-ortho nitro benzene ring substituents is 1. The van der Waals surface area contributed by atoms with Gasteiger partial charge in [0.05, 0.1) is 15.6 Å². The smallest absolute Gasteiger partial charge is 0.271 e. The summed E-state index contributed by atoms with van der Waals surface area (Å²) in [4.78, 5) is 10.2. The van der Waals surface area contributed by atoms with E-state index in [0.29, 0.717) is 17.5 Å². The molecule has 20 heavy (non-hydrogen) atoms. The molecule has 0 bridgehead atoms. The highest BCUT2D eigenvalue weighted by Gasteiger charge is 2.23. The van der Waals surface area contributed by atoms with Crippen molar-refractivity contribution in [3.05, 3.63) is 33.3 Å².